The summed E-state index contributed by atoms with van der Waals surface area (Å²) >= 11 is 12.2. The molecule has 0 saturated carbocycles. The molecule has 0 aliphatic heterocycles. The van der Waals surface area contributed by atoms with Crippen LogP contribution in [0.15, 0.2) is 36.4 Å². The van der Waals surface area contributed by atoms with Crippen molar-refractivity contribution >= 4 is 40.1 Å². The van der Waals surface area contributed by atoms with E-state index in [1.165, 1.54) is 0 Å². The molecule has 1 aromatic heterocycles. The quantitative estimate of drug-likeness (QED) is 0.605. The molecule has 0 N–H and O–H groups in total. The van der Waals surface area contributed by atoms with Gasteiger partial charge in [-0.2, -0.15) is 0 Å². The molecule has 134 valence electrons. The molecule has 0 radical (unpaired) electrons. The lowest BCUT2D eigenvalue weighted by Crippen LogP contribution is -2.29. The number of carbonyl (C=O) groups excluding carboxylic acids is 1. The highest BCUT2D eigenvalue weighted by Crippen LogP contribution is 2.30. The lowest BCUT2D eigenvalue weighted by atomic mass is 10.1. The standard InChI is InChI=1S/C20H19Cl2N3O/c1-11-12(2)24-19-9-14(5-8-18(19)23-11)20(26)25(4)13(3)16-7-6-15(21)10-17(16)22/h5-10,13H,1-4H3. The van der Waals surface area contributed by atoms with E-state index in [4.69, 9.17) is 23.2 Å². The minimum absolute atomic E-state index is 0.106. The zero-order chi connectivity index (χ0) is 19.0. The van der Waals surface area contributed by atoms with Crippen LogP contribution < -0.4 is 0 Å². The third kappa shape index (κ3) is 3.53. The van der Waals surface area contributed by atoms with Crippen molar-refractivity contribution in [2.24, 2.45) is 0 Å². The van der Waals surface area contributed by atoms with Gasteiger partial charge in [0.25, 0.3) is 5.91 Å². The average Bonchev–Trinajstić information content (AvgIpc) is 2.60. The number of aryl methyl sites for hydroxylation is 2. The Bertz CT molecular complexity index is 1000. The zero-order valence-electron chi connectivity index (χ0n) is 15.0. The van der Waals surface area contributed by atoms with Gasteiger partial charge in [0, 0.05) is 22.7 Å². The van der Waals surface area contributed by atoms with Crippen molar-refractivity contribution in [3.8, 4) is 0 Å². The van der Waals surface area contributed by atoms with E-state index >= 15 is 0 Å². The van der Waals surface area contributed by atoms with Crippen LogP contribution in [0.3, 0.4) is 0 Å². The van der Waals surface area contributed by atoms with Gasteiger partial charge in [0.05, 0.1) is 28.5 Å². The summed E-state index contributed by atoms with van der Waals surface area (Å²) in [6, 6.07) is 10.5. The smallest absolute Gasteiger partial charge is 0.254 e. The van der Waals surface area contributed by atoms with Crippen LogP contribution in [0.1, 0.15) is 40.3 Å². The van der Waals surface area contributed by atoms with E-state index in [0.29, 0.717) is 21.1 Å². The number of hydrogen-bond donors (Lipinski definition) is 0. The molecule has 0 fully saturated rings. The largest absolute Gasteiger partial charge is 0.335 e. The maximum atomic E-state index is 12.9. The highest BCUT2D eigenvalue weighted by molar-refractivity contribution is 6.35. The molecule has 3 rings (SSSR count). The molecular weight excluding hydrogens is 369 g/mol. The monoisotopic (exact) mass is 387 g/mol. The summed E-state index contributed by atoms with van der Waals surface area (Å²) in [5.41, 5.74) is 4.65. The SMILES string of the molecule is Cc1nc2ccc(C(=O)N(C)C(C)c3ccc(Cl)cc3Cl)cc2nc1C. The Morgan fingerprint density at radius 2 is 1.65 bits per heavy atom. The Kier molecular flexibility index (Phi) is 5.17. The van der Waals surface area contributed by atoms with Crippen molar-refractivity contribution in [3.63, 3.8) is 0 Å². The fraction of sp³-hybridized carbons (Fsp3) is 0.250. The van der Waals surface area contributed by atoms with Crippen molar-refractivity contribution in [2.45, 2.75) is 26.8 Å². The molecular formula is C20H19Cl2N3O. The molecule has 0 bridgehead atoms. The van der Waals surface area contributed by atoms with Gasteiger partial charge in [-0.15, -0.1) is 0 Å². The summed E-state index contributed by atoms with van der Waals surface area (Å²) < 4.78 is 0. The zero-order valence-corrected chi connectivity index (χ0v) is 16.6. The molecule has 0 saturated heterocycles. The molecule has 1 amide bonds. The van der Waals surface area contributed by atoms with Crippen LogP contribution in [0.5, 0.6) is 0 Å². The van der Waals surface area contributed by atoms with E-state index in [-0.39, 0.29) is 11.9 Å². The summed E-state index contributed by atoms with van der Waals surface area (Å²) in [6.45, 7) is 5.76. The molecule has 2 aromatic carbocycles. The lowest BCUT2D eigenvalue weighted by molar-refractivity contribution is 0.0743. The van der Waals surface area contributed by atoms with Crippen molar-refractivity contribution in [3.05, 3.63) is 69.0 Å². The highest BCUT2D eigenvalue weighted by Gasteiger charge is 2.21. The summed E-state index contributed by atoms with van der Waals surface area (Å²) in [5.74, 6) is -0.106. The minimum Gasteiger partial charge on any atom is -0.335 e. The average molecular weight is 388 g/mol. The van der Waals surface area contributed by atoms with Crippen LogP contribution in [0.25, 0.3) is 11.0 Å². The maximum Gasteiger partial charge on any atom is 0.254 e. The summed E-state index contributed by atoms with van der Waals surface area (Å²) in [5, 5.41) is 1.11. The third-order valence-electron chi connectivity index (χ3n) is 4.64. The van der Waals surface area contributed by atoms with E-state index < -0.39 is 0 Å². The summed E-state index contributed by atoms with van der Waals surface area (Å²) in [4.78, 5) is 23.6. The second-order valence-corrected chi connectivity index (χ2v) is 7.20. The van der Waals surface area contributed by atoms with E-state index in [0.717, 1.165) is 22.5 Å². The number of benzene rings is 2. The Hall–Kier alpha value is -2.17. The molecule has 3 aromatic rings. The van der Waals surface area contributed by atoms with Crippen molar-refractivity contribution in [2.75, 3.05) is 7.05 Å². The van der Waals surface area contributed by atoms with E-state index in [2.05, 4.69) is 9.97 Å². The van der Waals surface area contributed by atoms with Crippen LogP contribution >= 0.6 is 23.2 Å². The summed E-state index contributed by atoms with van der Waals surface area (Å²) in [7, 11) is 1.76. The Morgan fingerprint density at radius 1 is 1.00 bits per heavy atom. The first-order chi connectivity index (χ1) is 12.3. The summed E-state index contributed by atoms with van der Waals surface area (Å²) in [6.07, 6.45) is 0. The molecule has 1 unspecified atom stereocenters. The number of hydrogen-bond acceptors (Lipinski definition) is 3. The normalized spacial score (nSPS) is 12.2. The van der Waals surface area contributed by atoms with Gasteiger partial charge in [0.15, 0.2) is 0 Å². The first-order valence-electron chi connectivity index (χ1n) is 8.25. The van der Waals surface area contributed by atoms with Crippen LogP contribution in [-0.2, 0) is 0 Å². The van der Waals surface area contributed by atoms with Crippen molar-refractivity contribution < 1.29 is 4.79 Å². The lowest BCUT2D eigenvalue weighted by Gasteiger charge is -2.26. The highest BCUT2D eigenvalue weighted by atomic mass is 35.5. The minimum atomic E-state index is -0.200. The number of amides is 1. The number of carbonyl (C=O) groups is 1. The Morgan fingerprint density at radius 3 is 2.31 bits per heavy atom. The Balaban J connectivity index is 1.92. The van der Waals surface area contributed by atoms with E-state index in [1.54, 1.807) is 36.2 Å². The predicted molar refractivity (Wildman–Crippen MR) is 106 cm³/mol. The van der Waals surface area contributed by atoms with E-state index in [1.807, 2.05) is 32.9 Å². The van der Waals surface area contributed by atoms with Gasteiger partial charge in [0.1, 0.15) is 0 Å². The number of aromatic nitrogens is 2. The third-order valence-corrected chi connectivity index (χ3v) is 5.20. The second kappa shape index (κ2) is 7.22. The molecule has 6 heteroatoms. The molecule has 4 nitrogen and oxygen atoms in total. The molecule has 1 atom stereocenters. The molecule has 0 aliphatic carbocycles. The Labute approximate surface area is 162 Å². The molecule has 0 aliphatic rings. The van der Waals surface area contributed by atoms with Crippen molar-refractivity contribution in [1.29, 1.82) is 0 Å². The second-order valence-electron chi connectivity index (χ2n) is 6.36. The maximum absolute atomic E-state index is 12.9. The van der Waals surface area contributed by atoms with Crippen LogP contribution in [-0.4, -0.2) is 27.8 Å². The van der Waals surface area contributed by atoms with Gasteiger partial charge in [-0.25, -0.2) is 9.97 Å². The number of rotatable bonds is 3. The molecule has 0 spiro atoms. The number of fused-ring (bicyclic) bond motifs is 1. The number of halogens is 2. The fourth-order valence-electron chi connectivity index (χ4n) is 2.79. The van der Waals surface area contributed by atoms with Crippen LogP contribution in [0.4, 0.5) is 0 Å². The molecule has 26 heavy (non-hydrogen) atoms. The fourth-order valence-corrected chi connectivity index (χ4v) is 3.36. The van der Waals surface area contributed by atoms with Crippen LogP contribution in [0, 0.1) is 13.8 Å². The van der Waals surface area contributed by atoms with Gasteiger partial charge in [0.2, 0.25) is 0 Å². The van der Waals surface area contributed by atoms with Crippen molar-refractivity contribution in [1.82, 2.24) is 14.9 Å². The van der Waals surface area contributed by atoms with Gasteiger partial charge >= 0.3 is 0 Å². The first-order valence-corrected chi connectivity index (χ1v) is 9.00. The van der Waals surface area contributed by atoms with Gasteiger partial charge in [-0.3, -0.25) is 4.79 Å². The van der Waals surface area contributed by atoms with Gasteiger partial charge < -0.3 is 4.90 Å². The van der Waals surface area contributed by atoms with Crippen LogP contribution in [0.2, 0.25) is 10.0 Å². The number of nitrogens with zero attached hydrogens (tertiary/aromatic N) is 3. The predicted octanol–water partition coefficient (Wildman–Crippen LogP) is 5.39. The first kappa shape index (κ1) is 18.6. The van der Waals surface area contributed by atoms with Gasteiger partial charge in [-0.1, -0.05) is 29.3 Å². The molecule has 1 heterocycles. The van der Waals surface area contributed by atoms with E-state index in [9.17, 15) is 4.79 Å². The topological polar surface area (TPSA) is 46.1 Å². The van der Waals surface area contributed by atoms with Gasteiger partial charge in [-0.05, 0) is 56.7 Å².